The number of carbonyl (C=O) groups is 4. The Labute approximate surface area is 189 Å². The molecule has 176 valence electrons. The molecule has 10 heteroatoms. The Morgan fingerprint density at radius 2 is 1.42 bits per heavy atom. The molecule has 0 aromatic heterocycles. The Balaban J connectivity index is 1.99. The van der Waals surface area contributed by atoms with Crippen molar-refractivity contribution in [2.24, 2.45) is 0 Å². The second-order valence-corrected chi connectivity index (χ2v) is 7.32. The van der Waals surface area contributed by atoms with Crippen molar-refractivity contribution in [3.63, 3.8) is 0 Å². The van der Waals surface area contributed by atoms with Gasteiger partial charge in [0.05, 0.1) is 6.61 Å². The topological polar surface area (TPSA) is 124 Å². The van der Waals surface area contributed by atoms with Gasteiger partial charge >= 0.3 is 23.9 Å². The summed E-state index contributed by atoms with van der Waals surface area (Å²) in [6.07, 6.45) is -4.76. The minimum atomic E-state index is -1.28. The molecule has 1 heterocycles. The summed E-state index contributed by atoms with van der Waals surface area (Å²) in [5.41, 5.74) is 0. The first-order valence-electron chi connectivity index (χ1n) is 10.2. The van der Waals surface area contributed by atoms with E-state index in [1.807, 2.05) is 12.1 Å². The Morgan fingerprint density at radius 3 is 2.06 bits per heavy atom. The first-order chi connectivity index (χ1) is 15.7. The first-order valence-corrected chi connectivity index (χ1v) is 10.2. The van der Waals surface area contributed by atoms with Gasteiger partial charge in [0.2, 0.25) is 12.4 Å². The van der Waals surface area contributed by atoms with Crippen LogP contribution in [0.3, 0.4) is 0 Å². The summed E-state index contributed by atoms with van der Waals surface area (Å²) in [7, 11) is 0. The van der Waals surface area contributed by atoms with E-state index in [4.69, 9.17) is 28.4 Å². The standard InChI is InChI=1S/C23H24O10/c1-12(24)29-19-11-28-23(22(32-15(4)27)21(19)31-14(3)26)33-18-10-9-16-7-5-6-8-17(16)20(18)30-13(2)25/h5-10,19,21-23H,11H2,1-4H3/t19-,21+,22-,23+/m1/s1. The summed E-state index contributed by atoms with van der Waals surface area (Å²) >= 11 is 0. The summed E-state index contributed by atoms with van der Waals surface area (Å²) in [5, 5.41) is 1.41. The van der Waals surface area contributed by atoms with E-state index in [9.17, 15) is 19.2 Å². The lowest BCUT2D eigenvalue weighted by Crippen LogP contribution is -2.59. The normalized spacial score (nSPS) is 22.2. The van der Waals surface area contributed by atoms with Crippen molar-refractivity contribution in [3.8, 4) is 11.5 Å². The van der Waals surface area contributed by atoms with Gasteiger partial charge in [-0.3, -0.25) is 19.2 Å². The number of ether oxygens (including phenoxy) is 6. The molecule has 0 radical (unpaired) electrons. The monoisotopic (exact) mass is 460 g/mol. The highest BCUT2D eigenvalue weighted by Gasteiger charge is 2.48. The molecule has 10 nitrogen and oxygen atoms in total. The van der Waals surface area contributed by atoms with Gasteiger partial charge in [0.15, 0.2) is 23.7 Å². The minimum absolute atomic E-state index is 0.138. The van der Waals surface area contributed by atoms with E-state index in [1.54, 1.807) is 24.3 Å². The van der Waals surface area contributed by atoms with Crippen LogP contribution in [0.15, 0.2) is 36.4 Å². The third-order valence-electron chi connectivity index (χ3n) is 4.64. The Hall–Kier alpha value is -3.66. The maximum atomic E-state index is 11.8. The van der Waals surface area contributed by atoms with Crippen molar-refractivity contribution in [1.82, 2.24) is 0 Å². The zero-order valence-corrected chi connectivity index (χ0v) is 18.6. The molecule has 0 spiro atoms. The highest BCUT2D eigenvalue weighted by atomic mass is 16.7. The van der Waals surface area contributed by atoms with Crippen LogP contribution in [0.5, 0.6) is 11.5 Å². The maximum Gasteiger partial charge on any atom is 0.308 e. The van der Waals surface area contributed by atoms with Gasteiger partial charge in [-0.1, -0.05) is 30.3 Å². The van der Waals surface area contributed by atoms with Crippen molar-refractivity contribution in [2.75, 3.05) is 6.61 Å². The highest BCUT2D eigenvalue weighted by Crippen LogP contribution is 2.38. The third kappa shape index (κ3) is 5.98. The second-order valence-electron chi connectivity index (χ2n) is 7.32. The molecule has 4 atom stereocenters. The van der Waals surface area contributed by atoms with Crippen LogP contribution < -0.4 is 9.47 Å². The molecular weight excluding hydrogens is 436 g/mol. The second kappa shape index (κ2) is 10.3. The maximum absolute atomic E-state index is 11.8. The average Bonchev–Trinajstić information content (AvgIpc) is 2.72. The van der Waals surface area contributed by atoms with Crippen LogP contribution >= 0.6 is 0 Å². The number of rotatable bonds is 6. The average molecular weight is 460 g/mol. The summed E-state index contributed by atoms with van der Waals surface area (Å²) < 4.78 is 32.9. The van der Waals surface area contributed by atoms with Crippen LogP contribution in [-0.2, 0) is 38.1 Å². The summed E-state index contributed by atoms with van der Waals surface area (Å²) in [5.74, 6) is -2.29. The fourth-order valence-corrected chi connectivity index (χ4v) is 3.50. The molecule has 0 N–H and O–H groups in total. The van der Waals surface area contributed by atoms with Crippen molar-refractivity contribution < 1.29 is 47.6 Å². The van der Waals surface area contributed by atoms with E-state index < -0.39 is 48.5 Å². The van der Waals surface area contributed by atoms with Gasteiger partial charge in [-0.25, -0.2) is 0 Å². The van der Waals surface area contributed by atoms with Gasteiger partial charge in [-0.05, 0) is 11.5 Å². The Kier molecular flexibility index (Phi) is 7.49. The molecule has 2 aromatic rings. The lowest BCUT2D eigenvalue weighted by molar-refractivity contribution is -0.260. The van der Waals surface area contributed by atoms with Crippen molar-refractivity contribution >= 4 is 34.6 Å². The fourth-order valence-electron chi connectivity index (χ4n) is 3.50. The molecule has 0 bridgehead atoms. The molecule has 0 amide bonds. The van der Waals surface area contributed by atoms with Gasteiger partial charge in [0.1, 0.15) is 0 Å². The van der Waals surface area contributed by atoms with Crippen LogP contribution in [0, 0.1) is 0 Å². The van der Waals surface area contributed by atoms with Gasteiger partial charge < -0.3 is 28.4 Å². The van der Waals surface area contributed by atoms with E-state index in [-0.39, 0.29) is 18.1 Å². The molecule has 2 aromatic carbocycles. The largest absolute Gasteiger partial charge is 0.457 e. The Bertz CT molecular complexity index is 1060. The van der Waals surface area contributed by atoms with Gasteiger partial charge in [-0.15, -0.1) is 0 Å². The summed E-state index contributed by atoms with van der Waals surface area (Å²) in [4.78, 5) is 46.8. The van der Waals surface area contributed by atoms with E-state index in [1.165, 1.54) is 20.8 Å². The van der Waals surface area contributed by atoms with Gasteiger partial charge in [-0.2, -0.15) is 0 Å². The van der Waals surface area contributed by atoms with E-state index in [0.29, 0.717) is 5.39 Å². The number of hydrogen-bond acceptors (Lipinski definition) is 10. The van der Waals surface area contributed by atoms with E-state index >= 15 is 0 Å². The number of esters is 4. The fraction of sp³-hybridized carbons (Fsp3) is 0.391. The molecular formula is C23H24O10. The molecule has 0 aliphatic carbocycles. The molecule has 0 saturated carbocycles. The molecule has 1 aliphatic heterocycles. The lowest BCUT2D eigenvalue weighted by Gasteiger charge is -2.40. The van der Waals surface area contributed by atoms with Crippen LogP contribution in [0.25, 0.3) is 10.8 Å². The predicted octanol–water partition coefficient (Wildman–Crippen LogP) is 2.30. The Morgan fingerprint density at radius 1 is 0.788 bits per heavy atom. The quantitative estimate of drug-likeness (QED) is 0.360. The summed E-state index contributed by atoms with van der Waals surface area (Å²) in [6.45, 7) is 4.58. The lowest BCUT2D eigenvalue weighted by atomic mass is 10.0. The molecule has 3 rings (SSSR count). The van der Waals surface area contributed by atoms with Crippen molar-refractivity contribution in [2.45, 2.75) is 52.3 Å². The van der Waals surface area contributed by atoms with Crippen molar-refractivity contribution in [1.29, 1.82) is 0 Å². The smallest absolute Gasteiger partial charge is 0.308 e. The first kappa shape index (κ1) is 24.0. The molecule has 33 heavy (non-hydrogen) atoms. The van der Waals surface area contributed by atoms with Gasteiger partial charge in [0, 0.05) is 33.1 Å². The van der Waals surface area contributed by atoms with Crippen LogP contribution in [0.1, 0.15) is 27.7 Å². The number of fused-ring (bicyclic) bond motifs is 1. The minimum Gasteiger partial charge on any atom is -0.457 e. The zero-order valence-electron chi connectivity index (χ0n) is 18.6. The third-order valence-corrected chi connectivity index (χ3v) is 4.64. The molecule has 1 fully saturated rings. The predicted molar refractivity (Wildman–Crippen MR) is 112 cm³/mol. The number of hydrogen-bond donors (Lipinski definition) is 0. The summed E-state index contributed by atoms with van der Waals surface area (Å²) in [6, 6.07) is 10.5. The zero-order chi connectivity index (χ0) is 24.1. The van der Waals surface area contributed by atoms with Crippen LogP contribution in [0.4, 0.5) is 0 Å². The van der Waals surface area contributed by atoms with Gasteiger partial charge in [0.25, 0.3) is 0 Å². The molecule has 1 aliphatic rings. The van der Waals surface area contributed by atoms with E-state index in [2.05, 4.69) is 0 Å². The molecule has 0 unspecified atom stereocenters. The van der Waals surface area contributed by atoms with Crippen LogP contribution in [0.2, 0.25) is 0 Å². The molecule has 1 saturated heterocycles. The van der Waals surface area contributed by atoms with Crippen molar-refractivity contribution in [3.05, 3.63) is 36.4 Å². The number of carbonyl (C=O) groups excluding carboxylic acids is 4. The highest BCUT2D eigenvalue weighted by molar-refractivity contribution is 5.92. The number of benzene rings is 2. The van der Waals surface area contributed by atoms with Crippen LogP contribution in [-0.4, -0.2) is 55.1 Å². The van der Waals surface area contributed by atoms with E-state index in [0.717, 1.165) is 12.3 Å². The SMILES string of the molecule is CC(=O)Oc1c(O[C@@H]2OC[C@@H](OC(C)=O)[C@H](OC(C)=O)[C@H]2OC(C)=O)ccc2ccccc12.